The Balaban J connectivity index is 1.47. The molecule has 138 valence electrons. The number of ether oxygens (including phenoxy) is 2. The summed E-state index contributed by atoms with van der Waals surface area (Å²) < 4.78 is 10.6. The molecule has 1 saturated heterocycles. The van der Waals surface area contributed by atoms with Crippen molar-refractivity contribution >= 4 is 5.91 Å². The van der Waals surface area contributed by atoms with Crippen molar-refractivity contribution in [1.29, 1.82) is 0 Å². The topological polar surface area (TPSA) is 52.0 Å². The lowest BCUT2D eigenvalue weighted by molar-refractivity contribution is -0.901. The summed E-state index contributed by atoms with van der Waals surface area (Å²) in [7, 11) is 1.62. The summed E-state index contributed by atoms with van der Waals surface area (Å²) >= 11 is 0. The van der Waals surface area contributed by atoms with Gasteiger partial charge in [0.05, 0.1) is 20.2 Å². The van der Waals surface area contributed by atoms with Crippen molar-refractivity contribution in [3.05, 3.63) is 59.7 Å². The van der Waals surface area contributed by atoms with Crippen molar-refractivity contribution in [3.8, 4) is 11.5 Å². The predicted molar refractivity (Wildman–Crippen MR) is 100 cm³/mol. The molecular weight excluding hydrogens is 328 g/mol. The fraction of sp³-hybridized carbons (Fsp3) is 0.381. The third-order valence-corrected chi connectivity index (χ3v) is 4.77. The average molecular weight is 355 g/mol. The van der Waals surface area contributed by atoms with Gasteiger partial charge in [0.1, 0.15) is 18.0 Å². The fourth-order valence-corrected chi connectivity index (χ4v) is 3.29. The maximum absolute atomic E-state index is 12.1. The summed E-state index contributed by atoms with van der Waals surface area (Å²) in [6.07, 6.45) is 2.63. The van der Waals surface area contributed by atoms with Gasteiger partial charge in [0.2, 0.25) is 0 Å². The Morgan fingerprint density at radius 1 is 1.00 bits per heavy atom. The number of quaternary nitrogens is 1. The summed E-state index contributed by atoms with van der Waals surface area (Å²) in [6.45, 7) is 4.07. The molecule has 2 aromatic rings. The molecule has 1 aliphatic heterocycles. The molecule has 0 spiro atoms. The molecule has 1 heterocycles. The first-order valence-electron chi connectivity index (χ1n) is 9.18. The van der Waals surface area contributed by atoms with Crippen molar-refractivity contribution in [2.24, 2.45) is 0 Å². The quantitative estimate of drug-likeness (QED) is 0.756. The second-order valence-corrected chi connectivity index (χ2v) is 6.64. The first kappa shape index (κ1) is 18.3. The van der Waals surface area contributed by atoms with Crippen LogP contribution in [0.25, 0.3) is 0 Å². The molecule has 2 aromatic carbocycles. The van der Waals surface area contributed by atoms with E-state index in [4.69, 9.17) is 9.47 Å². The third kappa shape index (κ3) is 5.23. The minimum Gasteiger partial charge on any atom is -0.497 e. The van der Waals surface area contributed by atoms with Gasteiger partial charge in [-0.3, -0.25) is 4.79 Å². The van der Waals surface area contributed by atoms with E-state index >= 15 is 0 Å². The van der Waals surface area contributed by atoms with Crippen LogP contribution in [0.3, 0.4) is 0 Å². The molecule has 2 N–H and O–H groups in total. The molecule has 0 bridgehead atoms. The van der Waals surface area contributed by atoms with E-state index in [1.165, 1.54) is 37.1 Å². The van der Waals surface area contributed by atoms with Gasteiger partial charge in [0.25, 0.3) is 5.91 Å². The SMILES string of the molecule is COc1ccc(OCC(=O)NCc2ccccc2C[NH+]2CCCC2)cc1. The molecule has 0 aliphatic carbocycles. The lowest BCUT2D eigenvalue weighted by Gasteiger charge is -2.15. The maximum Gasteiger partial charge on any atom is 0.258 e. The lowest BCUT2D eigenvalue weighted by Crippen LogP contribution is -3.08. The minimum absolute atomic E-state index is 0.00582. The third-order valence-electron chi connectivity index (χ3n) is 4.77. The molecule has 3 rings (SSSR count). The molecule has 0 saturated carbocycles. The molecule has 5 heteroatoms. The number of nitrogens with one attached hydrogen (secondary N) is 2. The van der Waals surface area contributed by atoms with Crippen molar-refractivity contribution in [2.75, 3.05) is 26.8 Å². The number of carbonyl (C=O) groups is 1. The number of benzene rings is 2. The Morgan fingerprint density at radius 3 is 2.35 bits per heavy atom. The van der Waals surface area contributed by atoms with E-state index in [0.717, 1.165) is 12.3 Å². The van der Waals surface area contributed by atoms with Gasteiger partial charge in [-0.1, -0.05) is 24.3 Å². The van der Waals surface area contributed by atoms with Crippen LogP contribution in [0.2, 0.25) is 0 Å². The normalized spacial score (nSPS) is 14.2. The summed E-state index contributed by atoms with van der Waals surface area (Å²) in [6, 6.07) is 15.6. The Hall–Kier alpha value is -2.53. The Kier molecular flexibility index (Phi) is 6.50. The summed E-state index contributed by atoms with van der Waals surface area (Å²) in [4.78, 5) is 13.7. The van der Waals surface area contributed by atoms with Gasteiger partial charge in [0, 0.05) is 24.9 Å². The van der Waals surface area contributed by atoms with E-state index < -0.39 is 0 Å². The molecule has 0 aromatic heterocycles. The minimum atomic E-state index is -0.121. The standard InChI is InChI=1S/C21H26N2O3/c1-25-19-8-10-20(11-9-19)26-16-21(24)22-14-17-6-2-3-7-18(17)15-23-12-4-5-13-23/h2-3,6-11H,4-5,12-16H2,1H3,(H,22,24)/p+1. The number of amides is 1. The molecule has 1 aliphatic rings. The zero-order valence-corrected chi connectivity index (χ0v) is 15.3. The van der Waals surface area contributed by atoms with Crippen molar-refractivity contribution in [1.82, 2.24) is 5.32 Å². The molecule has 0 atom stereocenters. The highest BCUT2D eigenvalue weighted by atomic mass is 16.5. The molecule has 0 unspecified atom stereocenters. The van der Waals surface area contributed by atoms with Gasteiger partial charge in [0.15, 0.2) is 6.61 Å². The number of likely N-dealkylation sites (tertiary alicyclic amines) is 1. The zero-order valence-electron chi connectivity index (χ0n) is 15.3. The molecule has 1 amide bonds. The van der Waals surface area contributed by atoms with E-state index in [9.17, 15) is 4.79 Å². The van der Waals surface area contributed by atoms with Crippen LogP contribution in [0.5, 0.6) is 11.5 Å². The predicted octanol–water partition coefficient (Wildman–Crippen LogP) is 1.57. The number of hydrogen-bond donors (Lipinski definition) is 2. The van der Waals surface area contributed by atoms with Crippen molar-refractivity contribution in [3.63, 3.8) is 0 Å². The number of hydrogen-bond acceptors (Lipinski definition) is 3. The van der Waals surface area contributed by atoms with Gasteiger partial charge >= 0.3 is 0 Å². The second-order valence-electron chi connectivity index (χ2n) is 6.64. The van der Waals surface area contributed by atoms with Crippen LogP contribution >= 0.6 is 0 Å². The van der Waals surface area contributed by atoms with Crippen molar-refractivity contribution < 1.29 is 19.2 Å². The van der Waals surface area contributed by atoms with Gasteiger partial charge in [-0.2, -0.15) is 0 Å². The van der Waals surface area contributed by atoms with E-state index in [1.807, 2.05) is 18.2 Å². The fourth-order valence-electron chi connectivity index (χ4n) is 3.29. The van der Waals surface area contributed by atoms with Gasteiger partial charge < -0.3 is 19.7 Å². The highest BCUT2D eigenvalue weighted by Crippen LogP contribution is 2.16. The van der Waals surface area contributed by atoms with E-state index in [0.29, 0.717) is 12.3 Å². The summed E-state index contributed by atoms with van der Waals surface area (Å²) in [5.74, 6) is 1.29. The first-order chi connectivity index (χ1) is 12.7. The number of rotatable bonds is 8. The lowest BCUT2D eigenvalue weighted by atomic mass is 10.1. The second kappa shape index (κ2) is 9.25. The van der Waals surface area contributed by atoms with Crippen molar-refractivity contribution in [2.45, 2.75) is 25.9 Å². The van der Waals surface area contributed by atoms with Crippen LogP contribution in [0.4, 0.5) is 0 Å². The largest absolute Gasteiger partial charge is 0.497 e. The molecule has 1 fully saturated rings. The van der Waals surface area contributed by atoms with Gasteiger partial charge in [-0.05, 0) is 29.8 Å². The molecule has 5 nitrogen and oxygen atoms in total. The summed E-state index contributed by atoms with van der Waals surface area (Å²) in [5, 5.41) is 2.96. The highest BCUT2D eigenvalue weighted by molar-refractivity contribution is 5.77. The highest BCUT2D eigenvalue weighted by Gasteiger charge is 2.17. The van der Waals surface area contributed by atoms with Gasteiger partial charge in [-0.25, -0.2) is 0 Å². The van der Waals surface area contributed by atoms with Crippen LogP contribution in [0.15, 0.2) is 48.5 Å². The molecular formula is C21H27N2O3+. The molecule has 26 heavy (non-hydrogen) atoms. The van der Waals surface area contributed by atoms with E-state index in [2.05, 4.69) is 23.5 Å². The number of carbonyl (C=O) groups excluding carboxylic acids is 1. The summed E-state index contributed by atoms with van der Waals surface area (Å²) in [5.41, 5.74) is 2.51. The van der Waals surface area contributed by atoms with Crippen LogP contribution in [0.1, 0.15) is 24.0 Å². The number of methoxy groups -OCH3 is 1. The smallest absolute Gasteiger partial charge is 0.258 e. The monoisotopic (exact) mass is 355 g/mol. The Morgan fingerprint density at radius 2 is 1.65 bits per heavy atom. The van der Waals surface area contributed by atoms with E-state index in [1.54, 1.807) is 24.1 Å². The van der Waals surface area contributed by atoms with Crippen LogP contribution in [-0.2, 0) is 17.9 Å². The Bertz CT molecular complexity index is 709. The maximum atomic E-state index is 12.1. The Labute approximate surface area is 154 Å². The van der Waals surface area contributed by atoms with Gasteiger partial charge in [-0.15, -0.1) is 0 Å². The first-order valence-corrected chi connectivity index (χ1v) is 9.18. The average Bonchev–Trinajstić information content (AvgIpc) is 3.19. The van der Waals surface area contributed by atoms with E-state index in [-0.39, 0.29) is 12.5 Å². The van der Waals surface area contributed by atoms with Crippen LogP contribution < -0.4 is 19.7 Å². The molecule has 0 radical (unpaired) electrons. The zero-order chi connectivity index (χ0) is 18.2. The van der Waals surface area contributed by atoms with Crippen LogP contribution in [0, 0.1) is 0 Å². The van der Waals surface area contributed by atoms with Crippen LogP contribution in [-0.4, -0.2) is 32.7 Å².